The van der Waals surface area contributed by atoms with Crippen LogP contribution in [0.2, 0.25) is 0 Å². The van der Waals surface area contributed by atoms with Gasteiger partial charge in [0.25, 0.3) is 0 Å². The van der Waals surface area contributed by atoms with E-state index >= 15 is 0 Å². The molecule has 0 bridgehead atoms. The van der Waals surface area contributed by atoms with Crippen LogP contribution in [0.25, 0.3) is 82.1 Å². The van der Waals surface area contributed by atoms with Gasteiger partial charge >= 0.3 is 0 Å². The maximum absolute atomic E-state index is 9.16. The Labute approximate surface area is 415 Å². The average molecular weight is 1050 g/mol. The SMILES string of the molecule is [2H]c1c([2H])c([2H])c2c(c1[2H])c1ccc(Oc3[c-]c(N4[CH-]n5c6c(C)cccc6c6cc(C)ccc6c6ccccc6c6cccc4c65)ccc3)[c-]c1n2-c1cc(C([2H])([2H])[2H])c(-c2ccc(C(C)(C)C)cc2)cn1.[Pt]. The topological polar surface area (TPSA) is 35.2 Å². The van der Waals surface area contributed by atoms with Gasteiger partial charge in [0.2, 0.25) is 0 Å². The summed E-state index contributed by atoms with van der Waals surface area (Å²) in [5, 5.41) is 7.54. The third-order valence-corrected chi connectivity index (χ3v) is 12.9. The van der Waals surface area contributed by atoms with Crippen LogP contribution in [0.15, 0.2) is 170 Å². The van der Waals surface area contributed by atoms with Crippen LogP contribution in [-0.4, -0.2) is 14.1 Å². The molecule has 1 aliphatic rings. The molecule has 0 saturated carbocycles. The zero-order chi connectivity index (χ0) is 50.8. The van der Waals surface area contributed by atoms with Gasteiger partial charge in [0.1, 0.15) is 5.82 Å². The van der Waals surface area contributed by atoms with E-state index in [1.165, 1.54) is 23.2 Å². The Morgan fingerprint density at radius 2 is 1.34 bits per heavy atom. The van der Waals surface area contributed by atoms with Crippen LogP contribution in [0.5, 0.6) is 11.5 Å². The number of aryl methyl sites for hydroxylation is 3. The van der Waals surface area contributed by atoms with E-state index in [1.807, 2.05) is 42.5 Å². The van der Waals surface area contributed by atoms with E-state index in [0.717, 1.165) is 60.5 Å². The number of aromatic nitrogens is 3. The standard InChI is InChI=1S/C61H47N4O.Pt/c1-38-24-30-48-46-17-7-8-18-47(46)51-21-13-23-56-60(51)64(59-39(2)14-11-20-52(59)53(48)32-38)37-63(56)43-15-12-16-44(34-43)66-45-29-31-50-49-19-9-10-22-55(49)65(57(50)35-45)58-33-40(3)54(36-62-58)41-25-27-42(28-26-41)61(4,5)6;/h7-33,36-37H,1-6H3;/q-3;/i3D3,9D,10D,19D,22D;. The first-order valence-corrected chi connectivity index (χ1v) is 22.1. The molecule has 0 radical (unpaired) electrons. The third kappa shape index (κ3) is 7.03. The molecular weight excluding hydrogens is 1000 g/mol. The van der Waals surface area contributed by atoms with E-state index in [-0.39, 0.29) is 72.6 Å². The second kappa shape index (κ2) is 16.2. The minimum Gasteiger partial charge on any atom is -0.509 e. The van der Waals surface area contributed by atoms with Crippen LogP contribution < -0.4 is 9.64 Å². The first-order valence-electron chi connectivity index (χ1n) is 25.6. The predicted molar refractivity (Wildman–Crippen MR) is 275 cm³/mol. The van der Waals surface area contributed by atoms with E-state index < -0.39 is 12.9 Å². The van der Waals surface area contributed by atoms with Gasteiger partial charge in [-0.05, 0) is 111 Å². The molecule has 11 aromatic rings. The molecule has 4 heterocycles. The summed E-state index contributed by atoms with van der Waals surface area (Å²) in [7, 11) is 0. The number of nitrogens with zero attached hydrogens (tertiary/aromatic N) is 4. The molecule has 0 aliphatic carbocycles. The van der Waals surface area contributed by atoms with Gasteiger partial charge in [-0.3, -0.25) is 0 Å². The number of rotatable bonds is 5. The van der Waals surface area contributed by atoms with Crippen molar-refractivity contribution in [2.24, 2.45) is 0 Å². The fourth-order valence-electron chi connectivity index (χ4n) is 9.67. The Hall–Kier alpha value is -7.33. The molecule has 0 fully saturated rings. The summed E-state index contributed by atoms with van der Waals surface area (Å²) in [5.74, 6) is 0.818. The summed E-state index contributed by atoms with van der Waals surface area (Å²) in [5.41, 5.74) is 8.74. The minimum atomic E-state index is -2.56. The smallest absolute Gasteiger partial charge is 0.135 e. The second-order valence-corrected chi connectivity index (χ2v) is 18.2. The average Bonchev–Trinajstić information content (AvgIpc) is 3.94. The molecule has 0 N–H and O–H groups in total. The van der Waals surface area contributed by atoms with Crippen molar-refractivity contribution in [3.8, 4) is 28.4 Å². The van der Waals surface area contributed by atoms with Crippen LogP contribution in [0, 0.1) is 39.5 Å². The Kier molecular flexibility index (Phi) is 8.46. The molecular formula is C61H47N4OPt-3. The molecule has 0 saturated heterocycles. The molecule has 12 rings (SSSR count). The van der Waals surface area contributed by atoms with Crippen molar-refractivity contribution < 1.29 is 35.4 Å². The van der Waals surface area contributed by atoms with Crippen LogP contribution in [-0.2, 0) is 26.5 Å². The van der Waals surface area contributed by atoms with Gasteiger partial charge in [0, 0.05) is 59.6 Å². The van der Waals surface area contributed by atoms with E-state index in [9.17, 15) is 0 Å². The summed E-state index contributed by atoms with van der Waals surface area (Å²) in [4.78, 5) is 6.95. The minimum absolute atomic E-state index is 0. The number of fused-ring (bicyclic) bond motifs is 10. The van der Waals surface area contributed by atoms with Crippen LogP contribution in [0.3, 0.4) is 0 Å². The number of benzene rings is 8. The molecule has 0 atom stereocenters. The number of pyridine rings is 1. The fourth-order valence-corrected chi connectivity index (χ4v) is 9.67. The molecule has 67 heavy (non-hydrogen) atoms. The van der Waals surface area contributed by atoms with Crippen LogP contribution in [0.1, 0.15) is 52.6 Å². The molecule has 0 amide bonds. The molecule has 330 valence electrons. The zero-order valence-electron chi connectivity index (χ0n) is 44.4. The van der Waals surface area contributed by atoms with E-state index in [0.29, 0.717) is 27.8 Å². The van der Waals surface area contributed by atoms with Crippen molar-refractivity contribution >= 4 is 76.5 Å². The van der Waals surface area contributed by atoms with E-state index in [1.54, 1.807) is 16.7 Å². The molecule has 3 aromatic heterocycles. The summed E-state index contributed by atoms with van der Waals surface area (Å²) >= 11 is 0. The van der Waals surface area contributed by atoms with Gasteiger partial charge in [0.05, 0.1) is 5.48 Å². The molecule has 1 aliphatic heterocycles. The predicted octanol–water partition coefficient (Wildman–Crippen LogP) is 16.1. The van der Waals surface area contributed by atoms with Crippen LogP contribution >= 0.6 is 0 Å². The number of ether oxygens (including phenoxy) is 1. The van der Waals surface area contributed by atoms with Crippen molar-refractivity contribution in [3.05, 3.63) is 211 Å². The van der Waals surface area contributed by atoms with Gasteiger partial charge < -0.3 is 18.8 Å². The summed E-state index contributed by atoms with van der Waals surface area (Å²) in [6, 6.07) is 52.2. The fraction of sp³-hybridized carbons (Fsp3) is 0.115. The van der Waals surface area contributed by atoms with E-state index in [2.05, 4.69) is 142 Å². The summed E-state index contributed by atoms with van der Waals surface area (Å²) in [6.07, 6.45) is 1.52. The van der Waals surface area contributed by atoms with Crippen molar-refractivity contribution in [3.63, 3.8) is 0 Å². The first kappa shape index (κ1) is 34.9. The maximum Gasteiger partial charge on any atom is 0.135 e. The van der Waals surface area contributed by atoms with Gasteiger partial charge in [-0.15, -0.1) is 35.7 Å². The third-order valence-electron chi connectivity index (χ3n) is 12.9. The largest absolute Gasteiger partial charge is 0.509 e. The van der Waals surface area contributed by atoms with Crippen molar-refractivity contribution in [2.45, 2.75) is 46.9 Å². The van der Waals surface area contributed by atoms with Crippen LogP contribution in [0.4, 0.5) is 11.4 Å². The molecule has 8 aromatic carbocycles. The number of hydrogen-bond donors (Lipinski definition) is 0. The number of hydrogen-bond acceptors (Lipinski definition) is 3. The normalized spacial score (nSPS) is 14.0. The quantitative estimate of drug-likeness (QED) is 0.161. The Balaban J connectivity index is 0.00000588. The first-order chi connectivity index (χ1) is 35.0. The molecule has 0 unspecified atom stereocenters. The van der Waals surface area contributed by atoms with Crippen molar-refractivity contribution in [1.82, 2.24) is 14.1 Å². The second-order valence-electron chi connectivity index (χ2n) is 18.2. The Morgan fingerprint density at radius 1 is 0.642 bits per heavy atom. The maximum atomic E-state index is 9.16. The molecule has 5 nitrogen and oxygen atoms in total. The van der Waals surface area contributed by atoms with Crippen molar-refractivity contribution in [1.29, 1.82) is 0 Å². The monoisotopic (exact) mass is 1050 g/mol. The zero-order valence-corrected chi connectivity index (χ0v) is 39.7. The molecule has 0 spiro atoms. The van der Waals surface area contributed by atoms with E-state index in [4.69, 9.17) is 19.3 Å². The number of anilines is 2. The molecule has 6 heteroatoms. The Bertz CT molecular complexity index is 4210. The van der Waals surface area contributed by atoms with Gasteiger partial charge in [-0.2, -0.15) is 12.1 Å². The van der Waals surface area contributed by atoms with Gasteiger partial charge in [0.15, 0.2) is 0 Å². The number of para-hydroxylation sites is 3. The van der Waals surface area contributed by atoms with Gasteiger partial charge in [-0.1, -0.05) is 164 Å². The van der Waals surface area contributed by atoms with Crippen molar-refractivity contribution in [2.75, 3.05) is 4.90 Å². The Morgan fingerprint density at radius 3 is 2.15 bits per heavy atom. The summed E-state index contributed by atoms with van der Waals surface area (Å²) < 4.78 is 72.0. The van der Waals surface area contributed by atoms with Gasteiger partial charge in [-0.25, -0.2) is 4.98 Å². The summed E-state index contributed by atoms with van der Waals surface area (Å²) in [6.45, 7) is 10.2.